The summed E-state index contributed by atoms with van der Waals surface area (Å²) < 4.78 is 0. The second-order valence-corrected chi connectivity index (χ2v) is 4.04. The molecule has 4 nitrogen and oxygen atoms in total. The molecule has 14 heavy (non-hydrogen) atoms. The Hall–Kier alpha value is -1.10. The minimum absolute atomic E-state index is 0.708. The van der Waals surface area contributed by atoms with E-state index in [-0.39, 0.29) is 0 Å². The Bertz CT molecular complexity index is 312. The van der Waals surface area contributed by atoms with E-state index >= 15 is 0 Å². The average Bonchev–Trinajstić information content (AvgIpc) is 2.29. The number of thioether (sulfide) groups is 1. The van der Waals surface area contributed by atoms with Crippen molar-refractivity contribution in [3.63, 3.8) is 0 Å². The van der Waals surface area contributed by atoms with E-state index in [1.807, 2.05) is 12.1 Å². The molecule has 0 saturated heterocycles. The molecule has 0 fully saturated rings. The summed E-state index contributed by atoms with van der Waals surface area (Å²) in [5.74, 6) is 1.16. The Morgan fingerprint density at radius 3 is 3.21 bits per heavy atom. The van der Waals surface area contributed by atoms with Crippen LogP contribution in [-0.4, -0.2) is 27.7 Å². The van der Waals surface area contributed by atoms with E-state index in [9.17, 15) is 0 Å². The maximum atomic E-state index is 4.36. The molecule has 0 spiro atoms. The number of aliphatic imine (C=N–C) groups is 1. The van der Waals surface area contributed by atoms with Crippen molar-refractivity contribution in [2.75, 3.05) is 12.3 Å². The van der Waals surface area contributed by atoms with Gasteiger partial charge in [0.05, 0.1) is 12.2 Å². The fraction of sp³-hybridized carbons (Fsp3) is 0.444. The van der Waals surface area contributed by atoms with Gasteiger partial charge in [0.15, 0.2) is 5.17 Å². The van der Waals surface area contributed by atoms with Gasteiger partial charge in [0, 0.05) is 18.5 Å². The van der Waals surface area contributed by atoms with Crippen molar-refractivity contribution in [3.8, 4) is 0 Å². The van der Waals surface area contributed by atoms with Crippen LogP contribution in [0.25, 0.3) is 0 Å². The topological polar surface area (TPSA) is 50.2 Å². The Morgan fingerprint density at radius 1 is 1.50 bits per heavy atom. The molecule has 0 amide bonds. The van der Waals surface area contributed by atoms with Crippen molar-refractivity contribution in [1.29, 1.82) is 0 Å². The number of nitrogens with one attached hydrogen (secondary N) is 1. The third kappa shape index (κ3) is 2.70. The first-order valence-corrected chi connectivity index (χ1v) is 5.61. The zero-order chi connectivity index (χ0) is 9.64. The molecule has 0 saturated carbocycles. The highest BCUT2D eigenvalue weighted by Crippen LogP contribution is 2.10. The zero-order valence-electron chi connectivity index (χ0n) is 7.81. The predicted molar refractivity (Wildman–Crippen MR) is 58.2 cm³/mol. The molecular weight excluding hydrogens is 196 g/mol. The summed E-state index contributed by atoms with van der Waals surface area (Å²) in [6, 6.07) is 3.84. The van der Waals surface area contributed by atoms with E-state index in [1.54, 1.807) is 18.0 Å². The van der Waals surface area contributed by atoms with Gasteiger partial charge in [-0.15, -0.1) is 0 Å². The Balaban J connectivity index is 1.85. The Labute approximate surface area is 87.2 Å². The van der Waals surface area contributed by atoms with Crippen LogP contribution in [0, 0.1) is 0 Å². The summed E-state index contributed by atoms with van der Waals surface area (Å²) in [4.78, 5) is 4.36. The molecule has 0 bridgehead atoms. The van der Waals surface area contributed by atoms with E-state index in [1.165, 1.54) is 6.42 Å². The number of amidine groups is 1. The lowest BCUT2D eigenvalue weighted by molar-refractivity contribution is 0.824. The lowest BCUT2D eigenvalue weighted by Gasteiger charge is -2.12. The smallest absolute Gasteiger partial charge is 0.156 e. The minimum Gasteiger partial charge on any atom is -0.359 e. The minimum atomic E-state index is 0.708. The van der Waals surface area contributed by atoms with E-state index in [4.69, 9.17) is 0 Å². The molecule has 0 unspecified atom stereocenters. The molecule has 5 heteroatoms. The van der Waals surface area contributed by atoms with Crippen LogP contribution in [0.1, 0.15) is 12.1 Å². The highest BCUT2D eigenvalue weighted by molar-refractivity contribution is 8.13. The molecule has 1 aliphatic rings. The van der Waals surface area contributed by atoms with Gasteiger partial charge in [0.2, 0.25) is 0 Å². The summed E-state index contributed by atoms with van der Waals surface area (Å²) in [5.41, 5.74) is 0.946. The van der Waals surface area contributed by atoms with E-state index in [0.29, 0.717) is 6.54 Å². The van der Waals surface area contributed by atoms with E-state index < -0.39 is 0 Å². The molecule has 2 rings (SSSR count). The highest BCUT2D eigenvalue weighted by Gasteiger charge is 2.04. The van der Waals surface area contributed by atoms with Crippen molar-refractivity contribution in [3.05, 3.63) is 24.0 Å². The van der Waals surface area contributed by atoms with Gasteiger partial charge in [0.1, 0.15) is 0 Å². The normalized spacial score (nSPS) is 16.1. The molecule has 0 atom stereocenters. The zero-order valence-corrected chi connectivity index (χ0v) is 8.63. The molecule has 0 aromatic carbocycles. The summed E-state index contributed by atoms with van der Waals surface area (Å²) in [6.45, 7) is 1.65. The van der Waals surface area contributed by atoms with Crippen LogP contribution in [0.4, 0.5) is 0 Å². The van der Waals surface area contributed by atoms with Gasteiger partial charge in [-0.1, -0.05) is 11.8 Å². The summed E-state index contributed by atoms with van der Waals surface area (Å²) in [5, 5.41) is 12.1. The fourth-order valence-electron chi connectivity index (χ4n) is 1.16. The summed E-state index contributed by atoms with van der Waals surface area (Å²) in [7, 11) is 0. The molecule has 0 aliphatic carbocycles. The van der Waals surface area contributed by atoms with Crippen LogP contribution in [0.5, 0.6) is 0 Å². The van der Waals surface area contributed by atoms with Gasteiger partial charge < -0.3 is 5.32 Å². The first kappa shape index (κ1) is 9.45. The lowest BCUT2D eigenvalue weighted by atomic mass is 10.4. The van der Waals surface area contributed by atoms with Crippen molar-refractivity contribution >= 4 is 16.9 Å². The van der Waals surface area contributed by atoms with Gasteiger partial charge in [0.25, 0.3) is 0 Å². The van der Waals surface area contributed by atoms with Crippen molar-refractivity contribution in [1.82, 2.24) is 15.5 Å². The van der Waals surface area contributed by atoms with Crippen molar-refractivity contribution in [2.24, 2.45) is 4.99 Å². The summed E-state index contributed by atoms with van der Waals surface area (Å²) >= 11 is 1.77. The SMILES string of the molecule is c1cnnc(CNC2=NCCCS2)c1. The maximum Gasteiger partial charge on any atom is 0.156 e. The maximum absolute atomic E-state index is 4.36. The first-order chi connectivity index (χ1) is 6.95. The standard InChI is InChI=1S/C9H12N4S/c1-3-8(13-12-5-1)7-11-9-10-4-2-6-14-9/h1,3,5H,2,4,6-7H2,(H,10,11). The molecular formula is C9H12N4S. The third-order valence-corrected chi connectivity index (χ3v) is 2.88. The molecule has 1 N–H and O–H groups in total. The molecule has 1 aromatic heterocycles. The lowest BCUT2D eigenvalue weighted by Crippen LogP contribution is -2.23. The molecule has 1 aliphatic heterocycles. The largest absolute Gasteiger partial charge is 0.359 e. The Morgan fingerprint density at radius 2 is 2.50 bits per heavy atom. The second kappa shape index (κ2) is 4.95. The quantitative estimate of drug-likeness (QED) is 0.789. The number of rotatable bonds is 2. The first-order valence-electron chi connectivity index (χ1n) is 4.63. The average molecular weight is 208 g/mol. The van der Waals surface area contributed by atoms with Gasteiger partial charge in [-0.2, -0.15) is 10.2 Å². The van der Waals surface area contributed by atoms with Crippen LogP contribution in [0.3, 0.4) is 0 Å². The van der Waals surface area contributed by atoms with E-state index in [0.717, 1.165) is 23.2 Å². The number of hydrogen-bond donors (Lipinski definition) is 1. The van der Waals surface area contributed by atoms with Gasteiger partial charge >= 0.3 is 0 Å². The molecule has 74 valence electrons. The van der Waals surface area contributed by atoms with Crippen LogP contribution >= 0.6 is 11.8 Å². The highest BCUT2D eigenvalue weighted by atomic mass is 32.2. The van der Waals surface area contributed by atoms with Gasteiger partial charge in [-0.05, 0) is 18.6 Å². The summed E-state index contributed by atoms with van der Waals surface area (Å²) in [6.07, 6.45) is 2.86. The Kier molecular flexibility index (Phi) is 3.34. The van der Waals surface area contributed by atoms with Crippen molar-refractivity contribution < 1.29 is 0 Å². The van der Waals surface area contributed by atoms with Gasteiger partial charge in [-0.25, -0.2) is 0 Å². The predicted octanol–water partition coefficient (Wildman–Crippen LogP) is 1.06. The van der Waals surface area contributed by atoms with Crippen LogP contribution in [0.2, 0.25) is 0 Å². The van der Waals surface area contributed by atoms with Crippen LogP contribution in [0.15, 0.2) is 23.3 Å². The third-order valence-electron chi connectivity index (χ3n) is 1.84. The van der Waals surface area contributed by atoms with Crippen LogP contribution < -0.4 is 5.32 Å². The molecule has 2 heterocycles. The van der Waals surface area contributed by atoms with Crippen molar-refractivity contribution in [2.45, 2.75) is 13.0 Å². The van der Waals surface area contributed by atoms with E-state index in [2.05, 4.69) is 20.5 Å². The molecule has 0 radical (unpaired) electrons. The second-order valence-electron chi connectivity index (χ2n) is 2.96. The van der Waals surface area contributed by atoms with Crippen LogP contribution in [-0.2, 0) is 6.54 Å². The number of nitrogens with zero attached hydrogens (tertiary/aromatic N) is 3. The van der Waals surface area contributed by atoms with Gasteiger partial charge in [-0.3, -0.25) is 4.99 Å². The monoisotopic (exact) mass is 208 g/mol. The molecule has 1 aromatic rings. The number of aromatic nitrogens is 2. The number of hydrogen-bond acceptors (Lipinski definition) is 5. The fourth-order valence-corrected chi connectivity index (χ4v) is 1.98.